The maximum absolute atomic E-state index is 12.8. The van der Waals surface area contributed by atoms with Gasteiger partial charge in [-0.3, -0.25) is 9.48 Å². The standard InChI is InChI=1S/C21H28N4O.ClH/c1-21(2)11-9-18(16-7-3-4-8-17(16)21)23-20(26)19-10-13-25(24-19)15-6-5-12-22-14-15;/h3-4,7-8,10,13,15,18,22H,5-6,9,11-12,14H2,1-2H3,(H,23,26);1H. The number of aromatic nitrogens is 2. The summed E-state index contributed by atoms with van der Waals surface area (Å²) >= 11 is 0. The van der Waals surface area contributed by atoms with Crippen molar-refractivity contribution in [2.45, 2.75) is 57.0 Å². The molecule has 5 nitrogen and oxygen atoms in total. The van der Waals surface area contributed by atoms with Crippen LogP contribution in [-0.4, -0.2) is 28.8 Å². The van der Waals surface area contributed by atoms with Gasteiger partial charge in [-0.05, 0) is 54.8 Å². The summed E-state index contributed by atoms with van der Waals surface area (Å²) in [7, 11) is 0. The Balaban J connectivity index is 0.00000210. The Hall–Kier alpha value is -1.85. The first-order valence-corrected chi connectivity index (χ1v) is 9.71. The first-order chi connectivity index (χ1) is 12.5. The van der Waals surface area contributed by atoms with Gasteiger partial charge in [-0.2, -0.15) is 5.10 Å². The zero-order valence-corrected chi connectivity index (χ0v) is 16.9. The maximum Gasteiger partial charge on any atom is 0.272 e. The Morgan fingerprint density at radius 2 is 2.07 bits per heavy atom. The molecule has 2 atom stereocenters. The van der Waals surface area contributed by atoms with E-state index < -0.39 is 0 Å². The molecule has 0 spiro atoms. The van der Waals surface area contributed by atoms with Gasteiger partial charge < -0.3 is 10.6 Å². The Morgan fingerprint density at radius 1 is 1.26 bits per heavy atom. The Kier molecular flexibility index (Phi) is 5.92. The van der Waals surface area contributed by atoms with Gasteiger partial charge in [0.25, 0.3) is 5.91 Å². The van der Waals surface area contributed by atoms with Crippen molar-refractivity contribution in [2.75, 3.05) is 13.1 Å². The number of fused-ring (bicyclic) bond motifs is 1. The van der Waals surface area contributed by atoms with Gasteiger partial charge in [-0.1, -0.05) is 38.1 Å². The van der Waals surface area contributed by atoms with Gasteiger partial charge in [0, 0.05) is 12.7 Å². The molecule has 4 rings (SSSR count). The topological polar surface area (TPSA) is 59.0 Å². The van der Waals surface area contributed by atoms with Gasteiger partial charge in [-0.15, -0.1) is 12.4 Å². The average molecular weight is 389 g/mol. The van der Waals surface area contributed by atoms with E-state index in [1.807, 2.05) is 16.9 Å². The molecule has 2 heterocycles. The minimum Gasteiger partial charge on any atom is -0.344 e. The van der Waals surface area contributed by atoms with Crippen LogP contribution >= 0.6 is 12.4 Å². The Morgan fingerprint density at radius 3 is 2.85 bits per heavy atom. The summed E-state index contributed by atoms with van der Waals surface area (Å²) in [5, 5.41) is 11.2. The van der Waals surface area contributed by atoms with Gasteiger partial charge >= 0.3 is 0 Å². The summed E-state index contributed by atoms with van der Waals surface area (Å²) < 4.78 is 1.94. The second-order valence-electron chi connectivity index (χ2n) is 8.22. The van der Waals surface area contributed by atoms with Crippen molar-refractivity contribution in [3.8, 4) is 0 Å². The zero-order valence-electron chi connectivity index (χ0n) is 16.1. The van der Waals surface area contributed by atoms with Crippen molar-refractivity contribution in [1.82, 2.24) is 20.4 Å². The van der Waals surface area contributed by atoms with Crippen LogP contribution in [0.25, 0.3) is 0 Å². The highest BCUT2D eigenvalue weighted by Gasteiger charge is 2.33. The lowest BCUT2D eigenvalue weighted by Gasteiger charge is -2.37. The molecule has 1 saturated heterocycles. The molecule has 2 unspecified atom stereocenters. The van der Waals surface area contributed by atoms with E-state index in [1.54, 1.807) is 0 Å². The molecule has 1 aromatic carbocycles. The van der Waals surface area contributed by atoms with E-state index in [4.69, 9.17) is 0 Å². The molecule has 2 N–H and O–H groups in total. The number of piperidine rings is 1. The molecule has 146 valence electrons. The summed E-state index contributed by atoms with van der Waals surface area (Å²) in [6.07, 6.45) is 6.23. The summed E-state index contributed by atoms with van der Waals surface area (Å²) in [6.45, 7) is 6.56. The molecule has 27 heavy (non-hydrogen) atoms. The van der Waals surface area contributed by atoms with E-state index >= 15 is 0 Å². The largest absolute Gasteiger partial charge is 0.344 e. The van der Waals surface area contributed by atoms with Gasteiger partial charge in [0.2, 0.25) is 0 Å². The third-order valence-electron chi connectivity index (χ3n) is 5.91. The average Bonchev–Trinajstić information content (AvgIpc) is 3.15. The van der Waals surface area contributed by atoms with E-state index in [0.29, 0.717) is 11.7 Å². The van der Waals surface area contributed by atoms with Crippen LogP contribution in [-0.2, 0) is 5.41 Å². The molecule has 1 amide bonds. The molecule has 1 aromatic heterocycles. The third kappa shape index (κ3) is 4.04. The lowest BCUT2D eigenvalue weighted by molar-refractivity contribution is 0.0923. The summed E-state index contributed by atoms with van der Waals surface area (Å²) in [5.74, 6) is -0.0768. The monoisotopic (exact) mass is 388 g/mol. The minimum absolute atomic E-state index is 0. The van der Waals surface area contributed by atoms with Gasteiger partial charge in [0.05, 0.1) is 12.1 Å². The molecule has 2 aromatic rings. The fraction of sp³-hybridized carbons (Fsp3) is 0.524. The van der Waals surface area contributed by atoms with Crippen LogP contribution in [0.4, 0.5) is 0 Å². The fourth-order valence-corrected chi connectivity index (χ4v) is 4.32. The van der Waals surface area contributed by atoms with E-state index in [2.05, 4.69) is 53.8 Å². The number of halogens is 1. The van der Waals surface area contributed by atoms with Crippen LogP contribution in [0.1, 0.15) is 73.2 Å². The number of hydrogen-bond donors (Lipinski definition) is 2. The number of nitrogens with zero attached hydrogens (tertiary/aromatic N) is 2. The molecule has 6 heteroatoms. The second kappa shape index (κ2) is 8.03. The highest BCUT2D eigenvalue weighted by molar-refractivity contribution is 5.92. The Bertz CT molecular complexity index is 795. The summed E-state index contributed by atoms with van der Waals surface area (Å²) in [4.78, 5) is 12.8. The van der Waals surface area contributed by atoms with Gasteiger partial charge in [-0.25, -0.2) is 0 Å². The van der Waals surface area contributed by atoms with Gasteiger partial charge in [0.15, 0.2) is 0 Å². The van der Waals surface area contributed by atoms with Crippen molar-refractivity contribution >= 4 is 18.3 Å². The molecule has 1 aliphatic heterocycles. The first kappa shape index (κ1) is 19.9. The van der Waals surface area contributed by atoms with Crippen LogP contribution in [0.5, 0.6) is 0 Å². The third-order valence-corrected chi connectivity index (χ3v) is 5.91. The van der Waals surface area contributed by atoms with Crippen molar-refractivity contribution in [3.05, 3.63) is 53.3 Å². The quantitative estimate of drug-likeness (QED) is 0.841. The van der Waals surface area contributed by atoms with E-state index in [-0.39, 0.29) is 29.8 Å². The Labute approximate surface area is 167 Å². The van der Waals surface area contributed by atoms with E-state index in [1.165, 1.54) is 11.1 Å². The van der Waals surface area contributed by atoms with Gasteiger partial charge in [0.1, 0.15) is 5.69 Å². The van der Waals surface area contributed by atoms with Crippen molar-refractivity contribution in [3.63, 3.8) is 0 Å². The number of rotatable bonds is 3. The number of carbonyl (C=O) groups excluding carboxylic acids is 1. The van der Waals surface area contributed by atoms with Crippen LogP contribution < -0.4 is 10.6 Å². The summed E-state index contributed by atoms with van der Waals surface area (Å²) in [6, 6.07) is 10.7. The lowest BCUT2D eigenvalue weighted by Crippen LogP contribution is -2.36. The number of hydrogen-bond acceptors (Lipinski definition) is 3. The molecule has 2 aliphatic rings. The smallest absolute Gasteiger partial charge is 0.272 e. The molecule has 1 aliphatic carbocycles. The number of amides is 1. The van der Waals surface area contributed by atoms with E-state index in [9.17, 15) is 4.79 Å². The van der Waals surface area contributed by atoms with Crippen molar-refractivity contribution in [2.24, 2.45) is 0 Å². The molecule has 0 bridgehead atoms. The fourth-order valence-electron chi connectivity index (χ4n) is 4.32. The number of nitrogens with one attached hydrogen (secondary N) is 2. The van der Waals surface area contributed by atoms with Crippen LogP contribution in [0, 0.1) is 0 Å². The highest BCUT2D eigenvalue weighted by atomic mass is 35.5. The van der Waals surface area contributed by atoms with Crippen LogP contribution in [0.15, 0.2) is 36.5 Å². The predicted molar refractivity (Wildman–Crippen MR) is 110 cm³/mol. The molecular formula is C21H29ClN4O. The zero-order chi connectivity index (χ0) is 18.1. The van der Waals surface area contributed by atoms with Crippen LogP contribution in [0.2, 0.25) is 0 Å². The normalized spacial score (nSPS) is 23.8. The van der Waals surface area contributed by atoms with Crippen molar-refractivity contribution < 1.29 is 4.79 Å². The molecule has 0 radical (unpaired) electrons. The molecule has 0 saturated carbocycles. The predicted octanol–water partition coefficient (Wildman–Crippen LogP) is 3.77. The van der Waals surface area contributed by atoms with Crippen molar-refractivity contribution in [1.29, 1.82) is 0 Å². The SMILES string of the molecule is CC1(C)CCC(NC(=O)c2ccn(C3CCCNC3)n2)c2ccccc21.Cl. The number of carbonyl (C=O) groups is 1. The maximum atomic E-state index is 12.8. The molecule has 1 fully saturated rings. The highest BCUT2D eigenvalue weighted by Crippen LogP contribution is 2.41. The van der Waals surface area contributed by atoms with Crippen LogP contribution in [0.3, 0.4) is 0 Å². The minimum atomic E-state index is -0.0768. The van der Waals surface area contributed by atoms with E-state index in [0.717, 1.165) is 38.8 Å². The summed E-state index contributed by atoms with van der Waals surface area (Å²) in [5.41, 5.74) is 3.26. The lowest BCUT2D eigenvalue weighted by atomic mass is 9.71. The molecular weight excluding hydrogens is 360 g/mol. The first-order valence-electron chi connectivity index (χ1n) is 9.71. The number of benzene rings is 1. The second-order valence-corrected chi connectivity index (χ2v) is 8.22.